The van der Waals surface area contributed by atoms with E-state index in [4.69, 9.17) is 10.5 Å². The number of carbonyl (C=O) groups excluding carboxylic acids is 1. The van der Waals surface area contributed by atoms with Crippen LogP contribution in [0.25, 0.3) is 0 Å². The van der Waals surface area contributed by atoms with Crippen LogP contribution in [-0.4, -0.2) is 23.8 Å². The molecule has 0 amide bonds. The molecule has 3 rings (SSSR count). The van der Waals surface area contributed by atoms with E-state index in [1.165, 1.54) is 0 Å². The smallest absolute Gasteiger partial charge is 0.331 e. The van der Waals surface area contributed by atoms with Gasteiger partial charge in [-0.2, -0.15) is 0 Å². The predicted octanol–water partition coefficient (Wildman–Crippen LogP) is 3.14. The highest BCUT2D eigenvalue weighted by atomic mass is 79.9. The Morgan fingerprint density at radius 2 is 2.00 bits per heavy atom. The number of ether oxygens (including phenoxy) is 1. The van der Waals surface area contributed by atoms with Crippen LogP contribution in [0.5, 0.6) is 0 Å². The highest BCUT2D eigenvalue weighted by Crippen LogP contribution is 2.59. The van der Waals surface area contributed by atoms with Crippen LogP contribution in [0.4, 0.5) is 0 Å². The quantitative estimate of drug-likeness (QED) is 0.754. The average Bonchev–Trinajstić information content (AvgIpc) is 2.75. The van der Waals surface area contributed by atoms with Crippen LogP contribution in [0.1, 0.15) is 44.7 Å². The molecular formula is C19H26BrNO3. The van der Waals surface area contributed by atoms with Crippen LogP contribution in [0.15, 0.2) is 22.7 Å². The molecule has 1 fully saturated rings. The summed E-state index contributed by atoms with van der Waals surface area (Å²) in [7, 11) is 0. The van der Waals surface area contributed by atoms with Gasteiger partial charge in [-0.25, -0.2) is 4.79 Å². The van der Waals surface area contributed by atoms with Gasteiger partial charge in [0.1, 0.15) is 5.54 Å². The molecule has 0 heterocycles. The molecule has 1 aromatic rings. The molecule has 3 N–H and O–H groups in total. The standard InChI is InChI=1S/C19H26BrNO3/c1-4-24-17(23)19(21)15-7-14(20)6-5-13(15)10-18(19)8-11(2)16(22)12(3)9-18/h5-7,11-12,16,22H,4,8-10,21H2,1-3H3. The Hall–Kier alpha value is -0.910. The molecule has 0 aromatic heterocycles. The van der Waals surface area contributed by atoms with Crippen molar-refractivity contribution in [1.82, 2.24) is 0 Å². The lowest BCUT2D eigenvalue weighted by atomic mass is 9.57. The second-order valence-corrected chi connectivity index (χ2v) is 8.56. The maximum atomic E-state index is 13.0. The first-order valence-electron chi connectivity index (χ1n) is 8.68. The first kappa shape index (κ1) is 17.9. The molecule has 1 aromatic carbocycles. The molecule has 1 spiro atoms. The Balaban J connectivity index is 2.14. The van der Waals surface area contributed by atoms with E-state index in [2.05, 4.69) is 22.0 Å². The fourth-order valence-corrected chi connectivity index (χ4v) is 5.38. The molecule has 2 aliphatic carbocycles. The Morgan fingerprint density at radius 1 is 1.38 bits per heavy atom. The van der Waals surface area contributed by atoms with E-state index in [1.54, 1.807) is 6.92 Å². The molecule has 5 heteroatoms. The number of esters is 1. The molecule has 0 bridgehead atoms. The minimum atomic E-state index is -1.16. The van der Waals surface area contributed by atoms with Crippen LogP contribution in [0.3, 0.4) is 0 Å². The summed E-state index contributed by atoms with van der Waals surface area (Å²) in [4.78, 5) is 13.0. The fourth-order valence-electron chi connectivity index (χ4n) is 5.02. The number of halogens is 1. The monoisotopic (exact) mass is 395 g/mol. The third kappa shape index (κ3) is 2.44. The third-order valence-corrected chi connectivity index (χ3v) is 6.54. The van der Waals surface area contributed by atoms with Gasteiger partial charge < -0.3 is 15.6 Å². The van der Waals surface area contributed by atoms with Gasteiger partial charge >= 0.3 is 5.97 Å². The number of nitrogens with two attached hydrogens (primary N) is 1. The molecule has 24 heavy (non-hydrogen) atoms. The Kier molecular flexibility index (Phi) is 4.56. The van der Waals surface area contributed by atoms with Gasteiger partial charge in [0, 0.05) is 9.89 Å². The van der Waals surface area contributed by atoms with Crippen molar-refractivity contribution in [2.75, 3.05) is 6.61 Å². The molecule has 3 unspecified atom stereocenters. The van der Waals surface area contributed by atoms with E-state index in [0.717, 1.165) is 34.9 Å². The molecule has 0 aliphatic heterocycles. The van der Waals surface area contributed by atoms with Crippen LogP contribution in [-0.2, 0) is 21.5 Å². The van der Waals surface area contributed by atoms with Crippen LogP contribution < -0.4 is 5.73 Å². The van der Waals surface area contributed by atoms with Gasteiger partial charge in [0.15, 0.2) is 0 Å². The van der Waals surface area contributed by atoms with E-state index >= 15 is 0 Å². The van der Waals surface area contributed by atoms with Gasteiger partial charge in [0.25, 0.3) is 0 Å². The minimum Gasteiger partial charge on any atom is -0.464 e. The molecule has 0 saturated heterocycles. The van der Waals surface area contributed by atoms with Gasteiger partial charge in [-0.05, 0) is 61.3 Å². The van der Waals surface area contributed by atoms with Crippen LogP contribution in [0.2, 0.25) is 0 Å². The number of aliphatic hydroxyl groups excluding tert-OH is 1. The average molecular weight is 396 g/mol. The third-order valence-electron chi connectivity index (χ3n) is 6.05. The van der Waals surface area contributed by atoms with Crippen molar-refractivity contribution in [3.8, 4) is 0 Å². The van der Waals surface area contributed by atoms with Crippen molar-refractivity contribution >= 4 is 21.9 Å². The summed E-state index contributed by atoms with van der Waals surface area (Å²) in [6, 6.07) is 6.00. The van der Waals surface area contributed by atoms with Crippen molar-refractivity contribution in [2.24, 2.45) is 23.0 Å². The maximum absolute atomic E-state index is 13.0. The zero-order valence-corrected chi connectivity index (χ0v) is 16.1. The molecule has 132 valence electrons. The largest absolute Gasteiger partial charge is 0.464 e. The normalized spacial score (nSPS) is 38.2. The van der Waals surface area contributed by atoms with Gasteiger partial charge in [-0.15, -0.1) is 0 Å². The lowest BCUT2D eigenvalue weighted by molar-refractivity contribution is -0.160. The SMILES string of the molecule is CCOC(=O)C1(N)c2cc(Br)ccc2CC12CC(C)C(O)C(C)C2. The fraction of sp³-hybridized carbons (Fsp3) is 0.632. The topological polar surface area (TPSA) is 72.5 Å². The first-order chi connectivity index (χ1) is 11.2. The van der Waals surface area contributed by atoms with Crippen molar-refractivity contribution < 1.29 is 14.6 Å². The van der Waals surface area contributed by atoms with E-state index in [9.17, 15) is 9.90 Å². The highest BCUT2D eigenvalue weighted by Gasteiger charge is 2.63. The van der Waals surface area contributed by atoms with Gasteiger partial charge in [-0.3, -0.25) is 0 Å². The minimum absolute atomic E-state index is 0.101. The van der Waals surface area contributed by atoms with Crippen molar-refractivity contribution in [3.05, 3.63) is 33.8 Å². The predicted molar refractivity (Wildman–Crippen MR) is 96.3 cm³/mol. The zero-order chi connectivity index (χ0) is 17.7. The number of hydrogen-bond donors (Lipinski definition) is 2. The number of carbonyl (C=O) groups is 1. The molecule has 3 atom stereocenters. The molecule has 4 nitrogen and oxygen atoms in total. The van der Waals surface area contributed by atoms with Crippen molar-refractivity contribution in [3.63, 3.8) is 0 Å². The number of benzene rings is 1. The van der Waals surface area contributed by atoms with E-state index < -0.39 is 11.0 Å². The summed E-state index contributed by atoms with van der Waals surface area (Å²) >= 11 is 3.50. The van der Waals surface area contributed by atoms with E-state index in [0.29, 0.717) is 6.61 Å². The second kappa shape index (κ2) is 6.11. The van der Waals surface area contributed by atoms with Gasteiger partial charge in [-0.1, -0.05) is 35.8 Å². The van der Waals surface area contributed by atoms with Gasteiger partial charge in [0.05, 0.1) is 12.7 Å². The molecule has 2 aliphatic rings. The number of aliphatic hydroxyl groups is 1. The van der Waals surface area contributed by atoms with E-state index in [1.807, 2.05) is 26.0 Å². The summed E-state index contributed by atoms with van der Waals surface area (Å²) in [5.41, 5.74) is 7.29. The summed E-state index contributed by atoms with van der Waals surface area (Å²) in [5.74, 6) is -0.148. The first-order valence-corrected chi connectivity index (χ1v) is 9.47. The number of fused-ring (bicyclic) bond motifs is 1. The molecule has 1 saturated carbocycles. The lowest BCUT2D eigenvalue weighted by Gasteiger charge is -2.50. The molecular weight excluding hydrogens is 370 g/mol. The Morgan fingerprint density at radius 3 is 2.58 bits per heavy atom. The van der Waals surface area contributed by atoms with E-state index in [-0.39, 0.29) is 23.9 Å². The molecule has 0 radical (unpaired) electrons. The summed E-state index contributed by atoms with van der Waals surface area (Å²) in [6.07, 6.45) is 1.85. The summed E-state index contributed by atoms with van der Waals surface area (Å²) < 4.78 is 6.32. The lowest BCUT2D eigenvalue weighted by Crippen LogP contribution is -2.60. The maximum Gasteiger partial charge on any atom is 0.331 e. The number of hydrogen-bond acceptors (Lipinski definition) is 4. The summed E-state index contributed by atoms with van der Waals surface area (Å²) in [5, 5.41) is 10.4. The Labute approximate surface area is 151 Å². The van der Waals surface area contributed by atoms with Crippen LogP contribution in [0, 0.1) is 17.3 Å². The Bertz CT molecular complexity index is 650. The van der Waals surface area contributed by atoms with Crippen LogP contribution >= 0.6 is 15.9 Å². The highest BCUT2D eigenvalue weighted by molar-refractivity contribution is 9.10. The number of rotatable bonds is 2. The second-order valence-electron chi connectivity index (χ2n) is 7.64. The zero-order valence-electron chi connectivity index (χ0n) is 14.5. The van der Waals surface area contributed by atoms with Crippen molar-refractivity contribution in [2.45, 2.75) is 51.7 Å². The van der Waals surface area contributed by atoms with Crippen molar-refractivity contribution in [1.29, 1.82) is 0 Å². The summed E-state index contributed by atoms with van der Waals surface area (Å²) in [6.45, 7) is 6.21. The van der Waals surface area contributed by atoms with Gasteiger partial charge in [0.2, 0.25) is 0 Å².